The first-order valence-corrected chi connectivity index (χ1v) is 11.5. The molecule has 10 heteroatoms. The van der Waals surface area contributed by atoms with Crippen LogP contribution >= 0.6 is 34.5 Å². The summed E-state index contributed by atoms with van der Waals surface area (Å²) in [5.74, 6) is -0.190. The predicted octanol–water partition coefficient (Wildman–Crippen LogP) is 4.43. The molecular weight excluding hydrogens is 469 g/mol. The van der Waals surface area contributed by atoms with Crippen LogP contribution in [0.1, 0.15) is 21.2 Å². The number of hydrogen-bond acceptors (Lipinski definition) is 5. The fraction of sp³-hybridized carbons (Fsp3) is 0.182. The predicted molar refractivity (Wildman–Crippen MR) is 125 cm³/mol. The Morgan fingerprint density at radius 1 is 1.09 bits per heavy atom. The van der Waals surface area contributed by atoms with Gasteiger partial charge in [0.1, 0.15) is 16.4 Å². The number of carbonyl (C=O) groups is 1. The summed E-state index contributed by atoms with van der Waals surface area (Å²) >= 11 is 13.7. The summed E-state index contributed by atoms with van der Waals surface area (Å²) in [5.41, 5.74) is 3.05. The molecule has 3 aromatic heterocycles. The fourth-order valence-electron chi connectivity index (χ4n) is 3.74. The summed E-state index contributed by atoms with van der Waals surface area (Å²) in [5, 5.41) is 3.80. The zero-order valence-electron chi connectivity index (χ0n) is 17.0. The minimum absolute atomic E-state index is 0.190. The SMILES string of the molecule is Cc1cn(-c2ccc3n(c2=O)CCN(Cc2nc(-c4cc(Cl)cc(Cl)c4)cs2)C3=O)cn1. The van der Waals surface area contributed by atoms with Gasteiger partial charge in [0.25, 0.3) is 11.5 Å². The van der Waals surface area contributed by atoms with Gasteiger partial charge in [0.2, 0.25) is 0 Å². The number of fused-ring (bicyclic) bond motifs is 1. The van der Waals surface area contributed by atoms with Gasteiger partial charge in [-0.05, 0) is 37.3 Å². The van der Waals surface area contributed by atoms with Crippen LogP contribution in [0.2, 0.25) is 10.0 Å². The van der Waals surface area contributed by atoms with Gasteiger partial charge in [-0.1, -0.05) is 23.2 Å². The molecule has 0 fully saturated rings. The third kappa shape index (κ3) is 3.85. The van der Waals surface area contributed by atoms with E-state index < -0.39 is 0 Å². The van der Waals surface area contributed by atoms with Crippen molar-refractivity contribution < 1.29 is 4.79 Å². The number of aromatic nitrogens is 4. The van der Waals surface area contributed by atoms with E-state index in [1.165, 1.54) is 15.9 Å². The molecule has 4 aromatic rings. The Morgan fingerprint density at radius 2 is 1.88 bits per heavy atom. The number of pyridine rings is 1. The zero-order valence-corrected chi connectivity index (χ0v) is 19.3. The maximum absolute atomic E-state index is 13.1. The first-order valence-electron chi connectivity index (χ1n) is 9.84. The van der Waals surface area contributed by atoms with Crippen molar-refractivity contribution >= 4 is 40.4 Å². The lowest BCUT2D eigenvalue weighted by atomic mass is 10.2. The molecule has 0 spiro atoms. The molecule has 1 aromatic carbocycles. The Morgan fingerprint density at radius 3 is 2.59 bits per heavy atom. The molecule has 32 heavy (non-hydrogen) atoms. The molecule has 0 atom stereocenters. The molecule has 162 valence electrons. The van der Waals surface area contributed by atoms with Crippen LogP contribution in [0.25, 0.3) is 16.9 Å². The van der Waals surface area contributed by atoms with E-state index in [9.17, 15) is 9.59 Å². The molecule has 0 saturated carbocycles. The second kappa shape index (κ2) is 8.20. The molecule has 0 saturated heterocycles. The summed E-state index contributed by atoms with van der Waals surface area (Å²) in [6, 6.07) is 8.65. The Labute approximate surface area is 197 Å². The molecule has 0 aliphatic carbocycles. The van der Waals surface area contributed by atoms with E-state index >= 15 is 0 Å². The number of hydrogen-bond donors (Lipinski definition) is 0. The van der Waals surface area contributed by atoms with Gasteiger partial charge in [-0.2, -0.15) is 0 Å². The second-order valence-corrected chi connectivity index (χ2v) is 9.31. The van der Waals surface area contributed by atoms with Gasteiger partial charge in [-0.25, -0.2) is 9.97 Å². The van der Waals surface area contributed by atoms with Crippen molar-refractivity contribution in [3.63, 3.8) is 0 Å². The largest absolute Gasteiger partial charge is 0.329 e. The molecule has 0 bridgehead atoms. The topological polar surface area (TPSA) is 73.0 Å². The van der Waals surface area contributed by atoms with E-state index in [1.807, 2.05) is 12.3 Å². The highest BCUT2D eigenvalue weighted by atomic mass is 35.5. The van der Waals surface area contributed by atoms with Crippen molar-refractivity contribution in [2.24, 2.45) is 0 Å². The molecule has 0 radical (unpaired) electrons. The van der Waals surface area contributed by atoms with Crippen LogP contribution < -0.4 is 5.56 Å². The van der Waals surface area contributed by atoms with Crippen molar-refractivity contribution in [1.82, 2.24) is 24.0 Å². The molecule has 0 unspecified atom stereocenters. The van der Waals surface area contributed by atoms with Crippen molar-refractivity contribution in [3.05, 3.63) is 85.0 Å². The van der Waals surface area contributed by atoms with Crippen LogP contribution in [0, 0.1) is 6.92 Å². The summed E-state index contributed by atoms with van der Waals surface area (Å²) in [6.45, 7) is 3.08. The molecule has 1 aliphatic heterocycles. The van der Waals surface area contributed by atoms with Gasteiger partial charge < -0.3 is 14.0 Å². The van der Waals surface area contributed by atoms with E-state index in [4.69, 9.17) is 23.2 Å². The van der Waals surface area contributed by atoms with Crippen molar-refractivity contribution in [2.45, 2.75) is 20.0 Å². The van der Waals surface area contributed by atoms with Crippen LogP contribution in [0.5, 0.6) is 0 Å². The van der Waals surface area contributed by atoms with Crippen molar-refractivity contribution in [2.75, 3.05) is 6.54 Å². The Hall–Kier alpha value is -2.94. The molecule has 0 N–H and O–H groups in total. The number of benzene rings is 1. The Kier molecular flexibility index (Phi) is 5.36. The van der Waals surface area contributed by atoms with Crippen LogP contribution in [0.3, 0.4) is 0 Å². The molecule has 5 rings (SSSR count). The average Bonchev–Trinajstić information content (AvgIpc) is 3.39. The Bertz CT molecular complexity index is 1390. The molecular formula is C22H17Cl2N5O2S. The van der Waals surface area contributed by atoms with Crippen LogP contribution in [-0.2, 0) is 13.1 Å². The quantitative estimate of drug-likeness (QED) is 0.428. The molecule has 4 heterocycles. The van der Waals surface area contributed by atoms with Gasteiger partial charge in [0.15, 0.2) is 0 Å². The monoisotopic (exact) mass is 485 g/mol. The maximum Gasteiger partial charge on any atom is 0.275 e. The lowest BCUT2D eigenvalue weighted by Gasteiger charge is -2.29. The summed E-state index contributed by atoms with van der Waals surface area (Å²) in [7, 11) is 0. The van der Waals surface area contributed by atoms with E-state index in [2.05, 4.69) is 9.97 Å². The van der Waals surface area contributed by atoms with Crippen LogP contribution in [0.4, 0.5) is 0 Å². The lowest BCUT2D eigenvalue weighted by Crippen LogP contribution is -2.44. The number of aryl methyl sites for hydroxylation is 1. The molecule has 1 amide bonds. The highest BCUT2D eigenvalue weighted by molar-refractivity contribution is 7.09. The van der Waals surface area contributed by atoms with Gasteiger partial charge in [0, 0.05) is 40.3 Å². The lowest BCUT2D eigenvalue weighted by molar-refractivity contribution is 0.0686. The van der Waals surface area contributed by atoms with E-state index in [1.54, 1.807) is 52.3 Å². The van der Waals surface area contributed by atoms with Crippen molar-refractivity contribution in [3.8, 4) is 16.9 Å². The second-order valence-electron chi connectivity index (χ2n) is 7.49. The number of imidazole rings is 1. The molecule has 1 aliphatic rings. The number of carbonyl (C=O) groups excluding carboxylic acids is 1. The number of halogens is 2. The summed E-state index contributed by atoms with van der Waals surface area (Å²) < 4.78 is 3.21. The third-order valence-corrected chi connectivity index (χ3v) is 6.55. The standard InChI is InChI=1S/C22H17Cl2N5O2S/c1-13-9-28(12-25-13)18-2-3-19-21(30)27(4-5-29(19)22(18)31)10-20-26-17(11-32-20)14-6-15(23)8-16(24)7-14/h2-3,6-9,11-12H,4-5,10H2,1H3. The first-order chi connectivity index (χ1) is 15.4. The van der Waals surface area contributed by atoms with E-state index in [0.717, 1.165) is 22.0 Å². The summed E-state index contributed by atoms with van der Waals surface area (Å²) in [6.07, 6.45) is 3.39. The number of thiazole rings is 1. The van der Waals surface area contributed by atoms with Crippen LogP contribution in [-0.4, -0.2) is 36.5 Å². The van der Waals surface area contributed by atoms with Gasteiger partial charge in [-0.15, -0.1) is 11.3 Å². The fourth-order valence-corrected chi connectivity index (χ4v) is 5.09. The number of amides is 1. The highest BCUT2D eigenvalue weighted by Crippen LogP contribution is 2.29. The molecule has 7 nitrogen and oxygen atoms in total. The van der Waals surface area contributed by atoms with Crippen LogP contribution in [0.15, 0.2) is 53.0 Å². The van der Waals surface area contributed by atoms with Crippen molar-refractivity contribution in [1.29, 1.82) is 0 Å². The normalized spacial score (nSPS) is 13.5. The zero-order chi connectivity index (χ0) is 22.4. The third-order valence-electron chi connectivity index (χ3n) is 5.28. The van der Waals surface area contributed by atoms with Gasteiger partial charge in [-0.3, -0.25) is 9.59 Å². The summed E-state index contributed by atoms with van der Waals surface area (Å²) in [4.78, 5) is 36.6. The van der Waals surface area contributed by atoms with Gasteiger partial charge >= 0.3 is 0 Å². The maximum atomic E-state index is 13.1. The van der Waals surface area contributed by atoms with E-state index in [-0.39, 0.29) is 11.5 Å². The van der Waals surface area contributed by atoms with E-state index in [0.29, 0.717) is 41.1 Å². The Balaban J connectivity index is 1.38. The smallest absolute Gasteiger partial charge is 0.275 e. The average molecular weight is 486 g/mol. The first kappa shape index (κ1) is 20.9. The highest BCUT2D eigenvalue weighted by Gasteiger charge is 2.27. The number of nitrogens with zero attached hydrogens (tertiary/aromatic N) is 5. The minimum atomic E-state index is -0.206. The minimum Gasteiger partial charge on any atom is -0.329 e. The van der Waals surface area contributed by atoms with Gasteiger partial charge in [0.05, 0.1) is 24.3 Å². The number of rotatable bonds is 4.